The first-order valence-corrected chi connectivity index (χ1v) is 6.16. The highest BCUT2D eigenvalue weighted by Gasteiger charge is 2.10. The molecule has 4 nitrogen and oxygen atoms in total. The Morgan fingerprint density at radius 3 is 2.61 bits per heavy atom. The predicted molar refractivity (Wildman–Crippen MR) is 70.7 cm³/mol. The molecule has 0 fully saturated rings. The normalized spacial score (nSPS) is 12.6. The molecule has 1 unspecified atom stereocenters. The first-order chi connectivity index (χ1) is 8.59. The lowest BCUT2D eigenvalue weighted by Gasteiger charge is -2.17. The van der Waals surface area contributed by atoms with Gasteiger partial charge in [0.15, 0.2) is 6.10 Å². The maximum absolute atomic E-state index is 10.5. The lowest BCUT2D eigenvalue weighted by Crippen LogP contribution is -2.29. The number of carboxylic acids is 1. The number of ether oxygens (including phenoxy) is 1. The average Bonchev–Trinajstić information content (AvgIpc) is 2.37. The second-order valence-electron chi connectivity index (χ2n) is 4.39. The van der Waals surface area contributed by atoms with Crippen LogP contribution in [-0.2, 0) is 16.0 Å². The molecule has 100 valence electrons. The molecule has 1 rings (SSSR count). The first kappa shape index (κ1) is 14.7. The summed E-state index contributed by atoms with van der Waals surface area (Å²) in [4.78, 5) is 12.7. The van der Waals surface area contributed by atoms with Gasteiger partial charge in [0.05, 0.1) is 6.61 Å². The molecular weight excluding hydrogens is 230 g/mol. The molecule has 1 atom stereocenters. The van der Waals surface area contributed by atoms with Crippen molar-refractivity contribution in [3.8, 4) is 0 Å². The van der Waals surface area contributed by atoms with Crippen LogP contribution >= 0.6 is 0 Å². The van der Waals surface area contributed by atoms with Crippen molar-refractivity contribution in [1.82, 2.24) is 4.90 Å². The van der Waals surface area contributed by atoms with E-state index in [9.17, 15) is 4.79 Å². The van der Waals surface area contributed by atoms with Crippen LogP contribution in [0.2, 0.25) is 0 Å². The van der Waals surface area contributed by atoms with Crippen LogP contribution in [0.5, 0.6) is 0 Å². The molecule has 1 N–H and O–H groups in total. The van der Waals surface area contributed by atoms with Gasteiger partial charge in [-0.25, -0.2) is 4.79 Å². The van der Waals surface area contributed by atoms with Crippen molar-refractivity contribution >= 4 is 5.97 Å². The van der Waals surface area contributed by atoms with Gasteiger partial charge in [-0.15, -0.1) is 0 Å². The summed E-state index contributed by atoms with van der Waals surface area (Å²) >= 11 is 0. The van der Waals surface area contributed by atoms with Crippen LogP contribution in [0.25, 0.3) is 0 Å². The summed E-state index contributed by atoms with van der Waals surface area (Å²) in [5.74, 6) is -0.915. The van der Waals surface area contributed by atoms with Gasteiger partial charge in [-0.05, 0) is 26.0 Å². The summed E-state index contributed by atoms with van der Waals surface area (Å²) in [5.41, 5.74) is 1.31. The quantitative estimate of drug-likeness (QED) is 0.763. The molecule has 0 heterocycles. The van der Waals surface area contributed by atoms with Crippen LogP contribution in [0, 0.1) is 0 Å². The average molecular weight is 251 g/mol. The molecule has 0 amide bonds. The highest BCUT2D eigenvalue weighted by molar-refractivity contribution is 5.71. The van der Waals surface area contributed by atoms with Crippen molar-refractivity contribution in [3.05, 3.63) is 35.9 Å². The van der Waals surface area contributed by atoms with Crippen LogP contribution < -0.4 is 0 Å². The van der Waals surface area contributed by atoms with E-state index in [1.54, 1.807) is 6.92 Å². The van der Waals surface area contributed by atoms with Crippen LogP contribution in [-0.4, -0.2) is 48.8 Å². The monoisotopic (exact) mass is 251 g/mol. The van der Waals surface area contributed by atoms with E-state index in [4.69, 9.17) is 9.84 Å². The third-order valence-electron chi connectivity index (χ3n) is 2.81. The Morgan fingerprint density at radius 1 is 1.33 bits per heavy atom. The van der Waals surface area contributed by atoms with Crippen LogP contribution in [0.1, 0.15) is 12.5 Å². The van der Waals surface area contributed by atoms with Gasteiger partial charge in [0.2, 0.25) is 0 Å². The molecule has 1 aromatic carbocycles. The molecule has 18 heavy (non-hydrogen) atoms. The molecule has 0 saturated heterocycles. The summed E-state index contributed by atoms with van der Waals surface area (Å²) < 4.78 is 5.18. The molecule has 0 aliphatic rings. The minimum Gasteiger partial charge on any atom is -0.479 e. The number of carboxylic acid groups (broad SMARTS) is 1. The summed E-state index contributed by atoms with van der Waals surface area (Å²) in [5, 5.41) is 8.66. The predicted octanol–water partition coefficient (Wildman–Crippen LogP) is 1.65. The van der Waals surface area contributed by atoms with E-state index in [0.29, 0.717) is 6.61 Å². The second-order valence-corrected chi connectivity index (χ2v) is 4.39. The Bertz CT molecular complexity index is 353. The van der Waals surface area contributed by atoms with Crippen LogP contribution in [0.4, 0.5) is 0 Å². The fraction of sp³-hybridized carbons (Fsp3) is 0.500. The highest BCUT2D eigenvalue weighted by Crippen LogP contribution is 2.00. The zero-order valence-corrected chi connectivity index (χ0v) is 11.0. The summed E-state index contributed by atoms with van der Waals surface area (Å²) in [6.07, 6.45) is 0.263. The van der Waals surface area contributed by atoms with Gasteiger partial charge in [0.1, 0.15) is 0 Å². The largest absolute Gasteiger partial charge is 0.479 e. The number of hydrogen-bond acceptors (Lipinski definition) is 3. The Hall–Kier alpha value is -1.39. The van der Waals surface area contributed by atoms with E-state index >= 15 is 0 Å². The zero-order valence-electron chi connectivity index (χ0n) is 11.0. The SMILES string of the molecule is CC(OCCN(C)CCc1ccccc1)C(=O)O. The van der Waals surface area contributed by atoms with Gasteiger partial charge in [-0.1, -0.05) is 30.3 Å². The van der Waals surface area contributed by atoms with Crippen molar-refractivity contribution < 1.29 is 14.6 Å². The summed E-state index contributed by atoms with van der Waals surface area (Å²) in [7, 11) is 2.01. The van der Waals surface area contributed by atoms with E-state index < -0.39 is 12.1 Å². The fourth-order valence-corrected chi connectivity index (χ4v) is 1.53. The van der Waals surface area contributed by atoms with Gasteiger partial charge in [0, 0.05) is 13.1 Å². The summed E-state index contributed by atoms with van der Waals surface area (Å²) in [6.45, 7) is 3.67. The fourth-order valence-electron chi connectivity index (χ4n) is 1.53. The Morgan fingerprint density at radius 2 is 2.00 bits per heavy atom. The number of nitrogens with zero attached hydrogens (tertiary/aromatic N) is 1. The number of benzene rings is 1. The maximum atomic E-state index is 10.5. The molecule has 0 bridgehead atoms. The Balaban J connectivity index is 2.14. The van der Waals surface area contributed by atoms with Crippen molar-refractivity contribution in [1.29, 1.82) is 0 Å². The van der Waals surface area contributed by atoms with E-state index in [1.165, 1.54) is 5.56 Å². The van der Waals surface area contributed by atoms with Crippen molar-refractivity contribution in [3.63, 3.8) is 0 Å². The third-order valence-corrected chi connectivity index (χ3v) is 2.81. The zero-order chi connectivity index (χ0) is 13.4. The standard InChI is InChI=1S/C14H21NO3/c1-12(14(16)17)18-11-10-15(2)9-8-13-6-4-3-5-7-13/h3-7,12H,8-11H2,1-2H3,(H,16,17). The number of carbonyl (C=O) groups is 1. The van der Waals surface area contributed by atoms with Crippen molar-refractivity contribution in [2.75, 3.05) is 26.7 Å². The Labute approximate surface area is 108 Å². The van der Waals surface area contributed by atoms with Gasteiger partial charge in [0.25, 0.3) is 0 Å². The number of aliphatic carboxylic acids is 1. The van der Waals surface area contributed by atoms with Gasteiger partial charge >= 0.3 is 5.97 Å². The van der Waals surface area contributed by atoms with Gasteiger partial charge < -0.3 is 14.7 Å². The topological polar surface area (TPSA) is 49.8 Å². The molecule has 0 aliphatic heterocycles. The minimum absolute atomic E-state index is 0.443. The third kappa shape index (κ3) is 5.80. The first-order valence-electron chi connectivity index (χ1n) is 6.16. The van der Waals surface area contributed by atoms with Gasteiger partial charge in [-0.2, -0.15) is 0 Å². The maximum Gasteiger partial charge on any atom is 0.332 e. The number of rotatable bonds is 8. The summed E-state index contributed by atoms with van der Waals surface area (Å²) in [6, 6.07) is 10.3. The minimum atomic E-state index is -0.915. The van der Waals surface area contributed by atoms with E-state index in [2.05, 4.69) is 17.0 Å². The molecule has 0 aromatic heterocycles. The molecule has 0 aliphatic carbocycles. The number of hydrogen-bond donors (Lipinski definition) is 1. The second kappa shape index (κ2) is 7.84. The molecular formula is C14H21NO3. The Kier molecular flexibility index (Phi) is 6.39. The lowest BCUT2D eigenvalue weighted by molar-refractivity contribution is -0.149. The van der Waals surface area contributed by atoms with Crippen molar-refractivity contribution in [2.45, 2.75) is 19.4 Å². The van der Waals surface area contributed by atoms with Crippen LogP contribution in [0.3, 0.4) is 0 Å². The highest BCUT2D eigenvalue weighted by atomic mass is 16.5. The molecule has 1 aromatic rings. The van der Waals surface area contributed by atoms with E-state index in [1.807, 2.05) is 25.2 Å². The molecule has 0 spiro atoms. The lowest BCUT2D eigenvalue weighted by atomic mass is 10.1. The molecule has 0 saturated carbocycles. The van der Waals surface area contributed by atoms with E-state index in [-0.39, 0.29) is 0 Å². The molecule has 0 radical (unpaired) electrons. The van der Waals surface area contributed by atoms with Crippen molar-refractivity contribution in [2.24, 2.45) is 0 Å². The van der Waals surface area contributed by atoms with Gasteiger partial charge in [-0.3, -0.25) is 0 Å². The number of likely N-dealkylation sites (N-methyl/N-ethyl adjacent to an activating group) is 1. The smallest absolute Gasteiger partial charge is 0.332 e. The molecule has 4 heteroatoms. The van der Waals surface area contributed by atoms with Crippen LogP contribution in [0.15, 0.2) is 30.3 Å². The van der Waals surface area contributed by atoms with E-state index in [0.717, 1.165) is 19.5 Å².